The van der Waals surface area contributed by atoms with E-state index in [1.165, 1.54) is 32.4 Å². The monoisotopic (exact) mass is 309 g/mol. The molecule has 4 nitrogen and oxygen atoms in total. The SMILES string of the molecule is COc1ccc(S(=O)(=O)N(C)Cc2ccccc2F)cc1. The van der Waals surface area contributed by atoms with Gasteiger partial charge in [-0.1, -0.05) is 18.2 Å². The first kappa shape index (κ1) is 15.5. The van der Waals surface area contributed by atoms with E-state index in [0.717, 1.165) is 4.31 Å². The molecule has 0 atom stereocenters. The average Bonchev–Trinajstić information content (AvgIpc) is 2.49. The van der Waals surface area contributed by atoms with E-state index >= 15 is 0 Å². The molecule has 0 amide bonds. The molecule has 0 radical (unpaired) electrons. The highest BCUT2D eigenvalue weighted by molar-refractivity contribution is 7.89. The zero-order chi connectivity index (χ0) is 15.5. The van der Waals surface area contributed by atoms with Gasteiger partial charge in [0.1, 0.15) is 11.6 Å². The zero-order valence-corrected chi connectivity index (χ0v) is 12.6. The van der Waals surface area contributed by atoms with Crippen LogP contribution in [0.5, 0.6) is 5.75 Å². The Hall–Kier alpha value is -1.92. The van der Waals surface area contributed by atoms with Crippen LogP contribution in [0.2, 0.25) is 0 Å². The lowest BCUT2D eigenvalue weighted by atomic mass is 10.2. The molecule has 6 heteroatoms. The molecule has 0 N–H and O–H groups in total. The molecule has 0 aliphatic carbocycles. The van der Waals surface area contributed by atoms with Crippen molar-refractivity contribution < 1.29 is 17.5 Å². The lowest BCUT2D eigenvalue weighted by molar-refractivity contribution is 0.414. The molecule has 0 aliphatic rings. The van der Waals surface area contributed by atoms with E-state index in [2.05, 4.69) is 0 Å². The molecule has 2 rings (SSSR count). The Labute approximate surface area is 123 Å². The molecule has 21 heavy (non-hydrogen) atoms. The molecule has 0 saturated carbocycles. The van der Waals surface area contributed by atoms with Gasteiger partial charge < -0.3 is 4.74 Å². The first-order chi connectivity index (χ1) is 9.95. The second-order valence-electron chi connectivity index (χ2n) is 4.53. The highest BCUT2D eigenvalue weighted by Gasteiger charge is 2.21. The van der Waals surface area contributed by atoms with E-state index in [1.807, 2.05) is 0 Å². The number of halogens is 1. The van der Waals surface area contributed by atoms with Crippen molar-refractivity contribution in [2.45, 2.75) is 11.4 Å². The third-order valence-corrected chi connectivity index (χ3v) is 4.94. The summed E-state index contributed by atoms with van der Waals surface area (Å²) in [7, 11) is -0.737. The number of methoxy groups -OCH3 is 1. The van der Waals surface area contributed by atoms with Gasteiger partial charge in [-0.25, -0.2) is 12.8 Å². The quantitative estimate of drug-likeness (QED) is 0.853. The van der Waals surface area contributed by atoms with Gasteiger partial charge in [0.05, 0.1) is 12.0 Å². The predicted octanol–water partition coefficient (Wildman–Crippen LogP) is 2.66. The fraction of sp³-hybridized carbons (Fsp3) is 0.200. The normalized spacial score (nSPS) is 11.6. The fourth-order valence-electron chi connectivity index (χ4n) is 1.88. The molecule has 0 saturated heterocycles. The Bertz CT molecular complexity index is 714. The van der Waals surface area contributed by atoms with Crippen LogP contribution in [0.15, 0.2) is 53.4 Å². The summed E-state index contributed by atoms with van der Waals surface area (Å²) < 4.78 is 44.5. The summed E-state index contributed by atoms with van der Waals surface area (Å²) in [4.78, 5) is 0.141. The highest BCUT2D eigenvalue weighted by atomic mass is 32.2. The smallest absolute Gasteiger partial charge is 0.243 e. The van der Waals surface area contributed by atoms with Crippen molar-refractivity contribution in [1.82, 2.24) is 4.31 Å². The molecule has 0 spiro atoms. The lowest BCUT2D eigenvalue weighted by Gasteiger charge is -2.17. The van der Waals surface area contributed by atoms with Crippen LogP contribution >= 0.6 is 0 Å². The van der Waals surface area contributed by atoms with Crippen LogP contribution in [-0.4, -0.2) is 26.9 Å². The van der Waals surface area contributed by atoms with Gasteiger partial charge in [-0.15, -0.1) is 0 Å². The van der Waals surface area contributed by atoms with Crippen molar-refractivity contribution in [3.8, 4) is 5.75 Å². The molecule has 0 bridgehead atoms. The van der Waals surface area contributed by atoms with E-state index in [0.29, 0.717) is 11.3 Å². The van der Waals surface area contributed by atoms with Gasteiger partial charge in [-0.05, 0) is 30.3 Å². The minimum Gasteiger partial charge on any atom is -0.497 e. The van der Waals surface area contributed by atoms with Crippen molar-refractivity contribution in [1.29, 1.82) is 0 Å². The third kappa shape index (κ3) is 3.40. The molecule has 0 aliphatic heterocycles. The Morgan fingerprint density at radius 1 is 1.10 bits per heavy atom. The zero-order valence-electron chi connectivity index (χ0n) is 11.8. The Balaban J connectivity index is 2.24. The first-order valence-corrected chi connectivity index (χ1v) is 7.73. The summed E-state index contributed by atoms with van der Waals surface area (Å²) in [5.74, 6) is 0.153. The molecule has 0 fully saturated rings. The molecular formula is C15H16FNO3S. The van der Waals surface area contributed by atoms with Gasteiger partial charge in [-0.3, -0.25) is 0 Å². The van der Waals surface area contributed by atoms with Crippen LogP contribution < -0.4 is 4.74 Å². The topological polar surface area (TPSA) is 46.6 Å². The van der Waals surface area contributed by atoms with Crippen LogP contribution in [-0.2, 0) is 16.6 Å². The van der Waals surface area contributed by atoms with Gasteiger partial charge in [0.25, 0.3) is 0 Å². The number of rotatable bonds is 5. The fourth-order valence-corrected chi connectivity index (χ4v) is 3.03. The van der Waals surface area contributed by atoms with Crippen LogP contribution in [0.4, 0.5) is 4.39 Å². The lowest BCUT2D eigenvalue weighted by Crippen LogP contribution is -2.26. The molecular weight excluding hydrogens is 293 g/mol. The minimum absolute atomic E-state index is 0.0268. The van der Waals surface area contributed by atoms with Crippen molar-refractivity contribution in [3.05, 3.63) is 59.9 Å². The maximum atomic E-state index is 13.6. The summed E-state index contributed by atoms with van der Waals surface area (Å²) in [6, 6.07) is 12.2. The van der Waals surface area contributed by atoms with E-state index in [4.69, 9.17) is 4.74 Å². The molecule has 0 unspecified atom stereocenters. The Kier molecular flexibility index (Phi) is 4.59. The highest BCUT2D eigenvalue weighted by Crippen LogP contribution is 2.20. The first-order valence-electron chi connectivity index (χ1n) is 6.29. The van der Waals surface area contributed by atoms with E-state index in [-0.39, 0.29) is 11.4 Å². The molecule has 2 aromatic rings. The number of sulfonamides is 1. The van der Waals surface area contributed by atoms with Gasteiger partial charge in [0, 0.05) is 19.2 Å². The van der Waals surface area contributed by atoms with E-state index in [9.17, 15) is 12.8 Å². The molecule has 0 heterocycles. The van der Waals surface area contributed by atoms with Gasteiger partial charge in [0.2, 0.25) is 10.0 Å². The van der Waals surface area contributed by atoms with Gasteiger partial charge >= 0.3 is 0 Å². The largest absolute Gasteiger partial charge is 0.497 e. The second kappa shape index (κ2) is 6.24. The van der Waals surface area contributed by atoms with E-state index in [1.54, 1.807) is 30.3 Å². The van der Waals surface area contributed by atoms with Crippen molar-refractivity contribution in [2.75, 3.05) is 14.2 Å². The maximum Gasteiger partial charge on any atom is 0.243 e. The summed E-state index contributed by atoms with van der Waals surface area (Å²) in [5, 5.41) is 0. The van der Waals surface area contributed by atoms with Crippen molar-refractivity contribution in [2.24, 2.45) is 0 Å². The molecule has 112 valence electrons. The van der Waals surface area contributed by atoms with E-state index < -0.39 is 15.8 Å². The van der Waals surface area contributed by atoms with Crippen molar-refractivity contribution in [3.63, 3.8) is 0 Å². The second-order valence-corrected chi connectivity index (χ2v) is 6.57. The summed E-state index contributed by atoms with van der Waals surface area (Å²) in [6.07, 6.45) is 0. The van der Waals surface area contributed by atoms with Crippen LogP contribution in [0.25, 0.3) is 0 Å². The summed E-state index contributed by atoms with van der Waals surface area (Å²) in [6.45, 7) is -0.0268. The van der Waals surface area contributed by atoms with Crippen LogP contribution in [0, 0.1) is 5.82 Å². The summed E-state index contributed by atoms with van der Waals surface area (Å²) in [5.41, 5.74) is 0.331. The Morgan fingerprint density at radius 3 is 2.29 bits per heavy atom. The number of nitrogens with zero attached hydrogens (tertiary/aromatic N) is 1. The standard InChI is InChI=1S/C15H16FNO3S/c1-17(11-12-5-3-4-6-15(12)16)21(18,19)14-9-7-13(20-2)8-10-14/h3-10H,11H2,1-2H3. The number of hydrogen-bond donors (Lipinski definition) is 0. The average molecular weight is 309 g/mol. The number of ether oxygens (including phenoxy) is 1. The molecule has 2 aromatic carbocycles. The Morgan fingerprint density at radius 2 is 1.71 bits per heavy atom. The van der Waals surface area contributed by atoms with Gasteiger partial charge in [-0.2, -0.15) is 4.31 Å². The van der Waals surface area contributed by atoms with Crippen LogP contribution in [0.1, 0.15) is 5.56 Å². The number of hydrogen-bond acceptors (Lipinski definition) is 3. The van der Waals surface area contributed by atoms with Crippen LogP contribution in [0.3, 0.4) is 0 Å². The maximum absolute atomic E-state index is 13.6. The summed E-state index contributed by atoms with van der Waals surface area (Å²) >= 11 is 0. The minimum atomic E-state index is -3.67. The predicted molar refractivity (Wildman–Crippen MR) is 78.0 cm³/mol. The van der Waals surface area contributed by atoms with Crippen molar-refractivity contribution >= 4 is 10.0 Å². The third-order valence-electron chi connectivity index (χ3n) is 3.12. The molecule has 0 aromatic heterocycles. The van der Waals surface area contributed by atoms with Gasteiger partial charge in [0.15, 0.2) is 0 Å². The number of benzene rings is 2.